The maximum Gasteiger partial charge on any atom is 0.203 e. The number of allylic oxidation sites excluding steroid dienone is 1. The molecule has 0 aliphatic carbocycles. The van der Waals surface area contributed by atoms with E-state index < -0.39 is 0 Å². The standard InChI is InChI=1S/C20H18ClNO3/c1-4-25-18-11-14(10-17(21)20(18)24-3)9-16(12-22)19(23)15-7-5-6-13(2)8-15/h5-11H,4H2,1-3H3/b16-9+. The highest BCUT2D eigenvalue weighted by molar-refractivity contribution is 6.32. The summed E-state index contributed by atoms with van der Waals surface area (Å²) in [5.41, 5.74) is 2.03. The Labute approximate surface area is 152 Å². The van der Waals surface area contributed by atoms with E-state index in [4.69, 9.17) is 21.1 Å². The zero-order chi connectivity index (χ0) is 18.4. The minimum absolute atomic E-state index is 0.0225. The Morgan fingerprint density at radius 2 is 2.08 bits per heavy atom. The topological polar surface area (TPSA) is 59.3 Å². The van der Waals surface area contributed by atoms with Crippen LogP contribution in [0, 0.1) is 18.3 Å². The quantitative estimate of drug-likeness (QED) is 0.422. The van der Waals surface area contributed by atoms with Crippen molar-refractivity contribution in [2.24, 2.45) is 0 Å². The van der Waals surface area contributed by atoms with Crippen LogP contribution in [0.4, 0.5) is 0 Å². The summed E-state index contributed by atoms with van der Waals surface area (Å²) < 4.78 is 10.8. The van der Waals surface area contributed by atoms with E-state index in [1.54, 1.807) is 30.3 Å². The fourth-order valence-electron chi connectivity index (χ4n) is 2.39. The van der Waals surface area contributed by atoms with E-state index in [9.17, 15) is 10.1 Å². The largest absolute Gasteiger partial charge is 0.491 e. The van der Waals surface area contributed by atoms with Gasteiger partial charge in [-0.05, 0) is 43.7 Å². The molecule has 2 rings (SSSR count). The summed E-state index contributed by atoms with van der Waals surface area (Å²) in [6, 6.07) is 12.4. The highest BCUT2D eigenvalue weighted by Gasteiger charge is 2.15. The van der Waals surface area contributed by atoms with Crippen LogP contribution in [0.1, 0.15) is 28.4 Å². The Morgan fingerprint density at radius 3 is 2.68 bits per heavy atom. The highest BCUT2D eigenvalue weighted by atomic mass is 35.5. The number of Topliss-reactive ketones (excluding diaryl/α,β-unsaturated/α-hetero) is 1. The van der Waals surface area contributed by atoms with Crippen LogP contribution < -0.4 is 9.47 Å². The molecule has 2 aromatic rings. The van der Waals surface area contributed by atoms with Crippen molar-refractivity contribution in [3.8, 4) is 17.6 Å². The van der Waals surface area contributed by atoms with Crippen LogP contribution in [-0.4, -0.2) is 19.5 Å². The van der Waals surface area contributed by atoms with Gasteiger partial charge in [0.25, 0.3) is 0 Å². The van der Waals surface area contributed by atoms with Gasteiger partial charge in [0.1, 0.15) is 11.6 Å². The second kappa shape index (κ2) is 8.36. The van der Waals surface area contributed by atoms with Gasteiger partial charge in [-0.2, -0.15) is 5.26 Å². The first-order chi connectivity index (χ1) is 12.0. The van der Waals surface area contributed by atoms with Crippen molar-refractivity contribution < 1.29 is 14.3 Å². The second-order valence-electron chi connectivity index (χ2n) is 5.34. The van der Waals surface area contributed by atoms with Gasteiger partial charge in [0.05, 0.1) is 18.7 Å². The summed E-state index contributed by atoms with van der Waals surface area (Å²) >= 11 is 6.21. The number of carbonyl (C=O) groups is 1. The molecule has 0 spiro atoms. The number of ketones is 1. The predicted octanol–water partition coefficient (Wildman–Crippen LogP) is 4.85. The van der Waals surface area contributed by atoms with Crippen LogP contribution in [-0.2, 0) is 0 Å². The van der Waals surface area contributed by atoms with Gasteiger partial charge in [-0.25, -0.2) is 0 Å². The van der Waals surface area contributed by atoms with Gasteiger partial charge in [0.2, 0.25) is 5.78 Å². The molecule has 0 aliphatic rings. The average Bonchev–Trinajstić information content (AvgIpc) is 2.59. The minimum Gasteiger partial charge on any atom is -0.491 e. The summed E-state index contributed by atoms with van der Waals surface area (Å²) in [5, 5.41) is 9.75. The predicted molar refractivity (Wildman–Crippen MR) is 98.3 cm³/mol. The molecule has 0 N–H and O–H groups in total. The van der Waals surface area contributed by atoms with E-state index in [0.29, 0.717) is 34.3 Å². The third kappa shape index (κ3) is 4.40. The fourth-order valence-corrected chi connectivity index (χ4v) is 2.69. The van der Waals surface area contributed by atoms with Crippen molar-refractivity contribution in [1.29, 1.82) is 5.26 Å². The summed E-state index contributed by atoms with van der Waals surface area (Å²) in [6.45, 7) is 4.18. The molecule has 0 amide bonds. The van der Waals surface area contributed by atoms with Gasteiger partial charge in [0, 0.05) is 5.56 Å². The number of rotatable bonds is 6. The van der Waals surface area contributed by atoms with Gasteiger partial charge >= 0.3 is 0 Å². The van der Waals surface area contributed by atoms with Crippen molar-refractivity contribution >= 4 is 23.5 Å². The fraction of sp³-hybridized carbons (Fsp3) is 0.200. The lowest BCUT2D eigenvalue weighted by molar-refractivity contribution is 0.104. The first-order valence-corrected chi connectivity index (χ1v) is 8.11. The van der Waals surface area contributed by atoms with E-state index in [1.165, 1.54) is 13.2 Å². The van der Waals surface area contributed by atoms with Crippen LogP contribution in [0.5, 0.6) is 11.5 Å². The number of hydrogen-bond acceptors (Lipinski definition) is 4. The summed E-state index contributed by atoms with van der Waals surface area (Å²) in [4.78, 5) is 12.6. The van der Waals surface area contributed by atoms with Crippen LogP contribution >= 0.6 is 11.6 Å². The summed E-state index contributed by atoms with van der Waals surface area (Å²) in [7, 11) is 1.50. The van der Waals surface area contributed by atoms with Crippen LogP contribution in [0.15, 0.2) is 42.0 Å². The molecular formula is C20H18ClNO3. The average molecular weight is 356 g/mol. The number of benzene rings is 2. The molecular weight excluding hydrogens is 338 g/mol. The van der Waals surface area contributed by atoms with Crippen molar-refractivity contribution in [1.82, 2.24) is 0 Å². The lowest BCUT2D eigenvalue weighted by atomic mass is 10.0. The Kier molecular flexibility index (Phi) is 6.21. The summed E-state index contributed by atoms with van der Waals surface area (Å²) in [6.07, 6.45) is 1.50. The van der Waals surface area contributed by atoms with Crippen molar-refractivity contribution in [3.05, 3.63) is 63.7 Å². The van der Waals surface area contributed by atoms with Gasteiger partial charge in [0.15, 0.2) is 11.5 Å². The van der Waals surface area contributed by atoms with E-state index in [-0.39, 0.29) is 11.4 Å². The first-order valence-electron chi connectivity index (χ1n) is 7.73. The molecule has 0 fully saturated rings. The molecule has 25 heavy (non-hydrogen) atoms. The molecule has 0 unspecified atom stereocenters. The number of hydrogen-bond donors (Lipinski definition) is 0. The third-order valence-electron chi connectivity index (χ3n) is 3.49. The van der Waals surface area contributed by atoms with Crippen LogP contribution in [0.25, 0.3) is 6.08 Å². The molecule has 0 aromatic heterocycles. The lowest BCUT2D eigenvalue weighted by Crippen LogP contribution is -2.02. The Bertz CT molecular complexity index is 866. The smallest absolute Gasteiger partial charge is 0.203 e. The van der Waals surface area contributed by atoms with E-state index in [1.807, 2.05) is 26.0 Å². The van der Waals surface area contributed by atoms with Gasteiger partial charge in [-0.3, -0.25) is 4.79 Å². The Morgan fingerprint density at radius 1 is 1.32 bits per heavy atom. The van der Waals surface area contributed by atoms with Crippen LogP contribution in [0.2, 0.25) is 5.02 Å². The Balaban J connectivity index is 2.46. The molecule has 0 aliphatic heterocycles. The molecule has 2 aromatic carbocycles. The van der Waals surface area contributed by atoms with Gasteiger partial charge in [-0.15, -0.1) is 0 Å². The monoisotopic (exact) mass is 355 g/mol. The SMILES string of the molecule is CCOc1cc(/C=C(\C#N)C(=O)c2cccc(C)c2)cc(Cl)c1OC. The molecule has 4 nitrogen and oxygen atoms in total. The van der Waals surface area contributed by atoms with Crippen molar-refractivity contribution in [3.63, 3.8) is 0 Å². The van der Waals surface area contributed by atoms with E-state index >= 15 is 0 Å². The van der Waals surface area contributed by atoms with Gasteiger partial charge in [-0.1, -0.05) is 35.4 Å². The number of methoxy groups -OCH3 is 1. The number of nitriles is 1. The number of nitrogens with zero attached hydrogens (tertiary/aromatic N) is 1. The zero-order valence-corrected chi connectivity index (χ0v) is 15.1. The second-order valence-corrected chi connectivity index (χ2v) is 5.74. The highest BCUT2D eigenvalue weighted by Crippen LogP contribution is 2.37. The third-order valence-corrected chi connectivity index (χ3v) is 3.77. The molecule has 128 valence electrons. The number of ether oxygens (including phenoxy) is 2. The lowest BCUT2D eigenvalue weighted by Gasteiger charge is -2.12. The normalized spacial score (nSPS) is 10.9. The molecule has 0 saturated carbocycles. The molecule has 0 radical (unpaired) electrons. The molecule has 0 bridgehead atoms. The molecule has 0 atom stereocenters. The molecule has 0 saturated heterocycles. The van der Waals surface area contributed by atoms with E-state index in [0.717, 1.165) is 5.56 Å². The van der Waals surface area contributed by atoms with Gasteiger partial charge < -0.3 is 9.47 Å². The Hall–Kier alpha value is -2.77. The van der Waals surface area contributed by atoms with Crippen molar-refractivity contribution in [2.45, 2.75) is 13.8 Å². The molecule has 5 heteroatoms. The maximum atomic E-state index is 12.6. The first kappa shape index (κ1) is 18.6. The maximum absolute atomic E-state index is 12.6. The van der Waals surface area contributed by atoms with E-state index in [2.05, 4.69) is 0 Å². The number of carbonyl (C=O) groups excluding carboxylic acids is 1. The summed E-state index contributed by atoms with van der Waals surface area (Å²) in [5.74, 6) is 0.546. The molecule has 0 heterocycles. The minimum atomic E-state index is -0.337. The van der Waals surface area contributed by atoms with Crippen molar-refractivity contribution in [2.75, 3.05) is 13.7 Å². The zero-order valence-electron chi connectivity index (χ0n) is 14.3. The number of halogens is 1. The van der Waals surface area contributed by atoms with Crippen LogP contribution in [0.3, 0.4) is 0 Å². The number of aryl methyl sites for hydroxylation is 1.